The van der Waals surface area contributed by atoms with Gasteiger partial charge in [-0.15, -0.1) is 11.3 Å². The van der Waals surface area contributed by atoms with Crippen molar-refractivity contribution in [3.8, 4) is 0 Å². The van der Waals surface area contributed by atoms with Crippen molar-refractivity contribution in [2.75, 3.05) is 18.9 Å². The summed E-state index contributed by atoms with van der Waals surface area (Å²) in [6.45, 7) is 0.712. The number of fused-ring (bicyclic) bond motifs is 1. The highest BCUT2D eigenvalue weighted by Crippen LogP contribution is 2.36. The van der Waals surface area contributed by atoms with E-state index in [1.165, 1.54) is 11.3 Å². The molecule has 0 saturated carbocycles. The van der Waals surface area contributed by atoms with Gasteiger partial charge in [0.2, 0.25) is 0 Å². The van der Waals surface area contributed by atoms with E-state index in [1.54, 1.807) is 4.90 Å². The maximum atomic E-state index is 12.6. The van der Waals surface area contributed by atoms with Crippen LogP contribution < -0.4 is 5.73 Å². The Morgan fingerprint density at radius 2 is 2.35 bits per heavy atom. The smallest absolute Gasteiger partial charge is 0.266 e. The molecule has 1 atom stereocenters. The van der Waals surface area contributed by atoms with E-state index in [9.17, 15) is 9.90 Å². The minimum Gasteiger partial charge on any atom is -0.397 e. The number of benzene rings is 1. The zero-order valence-electron chi connectivity index (χ0n) is 10.8. The lowest BCUT2D eigenvalue weighted by molar-refractivity contribution is 0.0683. The molecule has 3 N–H and O–H groups in total. The Kier molecular flexibility index (Phi) is 3.70. The summed E-state index contributed by atoms with van der Waals surface area (Å²) < 4.78 is 1.97. The molecule has 1 aromatic carbocycles. The average molecular weight is 355 g/mol. The van der Waals surface area contributed by atoms with Gasteiger partial charge in [0.15, 0.2) is 0 Å². The summed E-state index contributed by atoms with van der Waals surface area (Å²) in [5, 5.41) is 10.3. The van der Waals surface area contributed by atoms with Crippen LogP contribution in [0.2, 0.25) is 0 Å². The first kappa shape index (κ1) is 13.9. The second kappa shape index (κ2) is 5.35. The molecule has 106 valence electrons. The summed E-state index contributed by atoms with van der Waals surface area (Å²) in [4.78, 5) is 15.0. The Hall–Kier alpha value is -1.11. The molecular weight excluding hydrogens is 340 g/mol. The number of carbonyl (C=O) groups excluding carboxylic acids is 1. The topological polar surface area (TPSA) is 66.6 Å². The third-order valence-electron chi connectivity index (χ3n) is 3.73. The highest BCUT2D eigenvalue weighted by atomic mass is 79.9. The molecule has 2 heterocycles. The minimum absolute atomic E-state index is 0.0160. The molecule has 1 amide bonds. The number of hydrogen-bond acceptors (Lipinski definition) is 4. The van der Waals surface area contributed by atoms with Crippen molar-refractivity contribution in [2.24, 2.45) is 0 Å². The average Bonchev–Trinajstić information content (AvgIpc) is 3.02. The van der Waals surface area contributed by atoms with Gasteiger partial charge in [-0.3, -0.25) is 4.79 Å². The molecule has 6 heteroatoms. The number of aliphatic hydroxyl groups is 1. The van der Waals surface area contributed by atoms with Crippen molar-refractivity contribution in [2.45, 2.75) is 18.9 Å². The number of hydrogen-bond donors (Lipinski definition) is 2. The number of carbonyl (C=O) groups is 1. The van der Waals surface area contributed by atoms with Gasteiger partial charge in [-0.05, 0) is 25.0 Å². The quantitative estimate of drug-likeness (QED) is 0.871. The molecule has 0 aliphatic carbocycles. The number of nitrogen functional groups attached to an aromatic ring is 1. The highest BCUT2D eigenvalue weighted by molar-refractivity contribution is 9.10. The van der Waals surface area contributed by atoms with Gasteiger partial charge >= 0.3 is 0 Å². The van der Waals surface area contributed by atoms with Crippen LogP contribution in [-0.4, -0.2) is 35.1 Å². The van der Waals surface area contributed by atoms with Gasteiger partial charge in [-0.2, -0.15) is 0 Å². The normalized spacial score (nSPS) is 18.9. The van der Waals surface area contributed by atoms with Crippen molar-refractivity contribution >= 4 is 48.9 Å². The van der Waals surface area contributed by atoms with Crippen LogP contribution in [0.4, 0.5) is 5.69 Å². The van der Waals surface area contributed by atoms with Gasteiger partial charge in [0.1, 0.15) is 4.88 Å². The maximum Gasteiger partial charge on any atom is 0.266 e. The number of nitrogens with two attached hydrogens (primary N) is 1. The number of likely N-dealkylation sites (tertiary alicyclic amines) is 1. The van der Waals surface area contributed by atoms with E-state index in [-0.39, 0.29) is 18.6 Å². The first-order valence-electron chi connectivity index (χ1n) is 6.51. The van der Waals surface area contributed by atoms with Gasteiger partial charge in [0.05, 0.1) is 18.3 Å². The summed E-state index contributed by atoms with van der Waals surface area (Å²) in [6.07, 6.45) is 1.80. The van der Waals surface area contributed by atoms with Gasteiger partial charge in [0, 0.05) is 21.1 Å². The van der Waals surface area contributed by atoms with Crippen LogP contribution >= 0.6 is 27.3 Å². The van der Waals surface area contributed by atoms with Crippen LogP contribution in [0.25, 0.3) is 10.1 Å². The molecule has 1 fully saturated rings. The highest BCUT2D eigenvalue weighted by Gasteiger charge is 2.31. The van der Waals surface area contributed by atoms with Crippen LogP contribution in [-0.2, 0) is 0 Å². The van der Waals surface area contributed by atoms with E-state index in [4.69, 9.17) is 5.73 Å². The van der Waals surface area contributed by atoms with E-state index in [1.807, 2.05) is 18.2 Å². The fourth-order valence-corrected chi connectivity index (χ4v) is 4.30. The zero-order chi connectivity index (χ0) is 14.3. The van der Waals surface area contributed by atoms with E-state index < -0.39 is 0 Å². The number of aliphatic hydroxyl groups excluding tert-OH is 1. The molecule has 4 nitrogen and oxygen atoms in total. The molecule has 1 aliphatic heterocycles. The number of anilines is 1. The second-order valence-electron chi connectivity index (χ2n) is 4.96. The Bertz CT molecular complexity index is 670. The fraction of sp³-hybridized carbons (Fsp3) is 0.357. The molecule has 20 heavy (non-hydrogen) atoms. The Balaban J connectivity index is 2.01. The fourth-order valence-electron chi connectivity index (χ4n) is 2.67. The Labute approximate surface area is 129 Å². The van der Waals surface area contributed by atoms with Gasteiger partial charge in [-0.25, -0.2) is 0 Å². The monoisotopic (exact) mass is 354 g/mol. The third kappa shape index (κ3) is 2.21. The molecular formula is C14H15BrN2O2S. The molecule has 3 rings (SSSR count). The third-order valence-corrected chi connectivity index (χ3v) is 5.38. The van der Waals surface area contributed by atoms with E-state index >= 15 is 0 Å². The summed E-state index contributed by atoms with van der Waals surface area (Å²) >= 11 is 4.85. The van der Waals surface area contributed by atoms with Crippen LogP contribution in [0.3, 0.4) is 0 Å². The van der Waals surface area contributed by atoms with E-state index in [0.717, 1.165) is 27.4 Å². The van der Waals surface area contributed by atoms with Crippen molar-refractivity contribution in [1.82, 2.24) is 4.90 Å². The van der Waals surface area contributed by atoms with Gasteiger partial charge in [0.25, 0.3) is 5.91 Å². The summed E-state index contributed by atoms with van der Waals surface area (Å²) in [7, 11) is 0. The van der Waals surface area contributed by atoms with Crippen molar-refractivity contribution in [1.29, 1.82) is 0 Å². The molecule has 0 bridgehead atoms. The number of rotatable bonds is 2. The first-order chi connectivity index (χ1) is 9.61. The van der Waals surface area contributed by atoms with Gasteiger partial charge < -0.3 is 15.7 Å². The maximum absolute atomic E-state index is 12.6. The van der Waals surface area contributed by atoms with Crippen molar-refractivity contribution in [3.63, 3.8) is 0 Å². The number of amides is 1. The standard InChI is InChI=1S/C14H15BrN2O2S/c15-8-3-4-10-11(6-8)20-13(12(10)16)14(19)17-5-1-2-9(17)7-18/h3-4,6,9,18H,1-2,5,7,16H2. The predicted octanol–water partition coefficient (Wildman–Crippen LogP) is 2.84. The molecule has 0 radical (unpaired) electrons. The van der Waals surface area contributed by atoms with Crippen LogP contribution in [0.5, 0.6) is 0 Å². The van der Waals surface area contributed by atoms with Crippen LogP contribution in [0, 0.1) is 0 Å². The SMILES string of the molecule is Nc1c(C(=O)N2CCCC2CO)sc2cc(Br)ccc12. The first-order valence-corrected chi connectivity index (χ1v) is 8.12. The molecule has 0 spiro atoms. The lowest BCUT2D eigenvalue weighted by Gasteiger charge is -2.22. The minimum atomic E-state index is -0.0705. The molecule has 1 aliphatic rings. The molecule has 2 aromatic rings. The Morgan fingerprint density at radius 3 is 3.10 bits per heavy atom. The van der Waals surface area contributed by atoms with Gasteiger partial charge in [-0.1, -0.05) is 22.0 Å². The Morgan fingerprint density at radius 1 is 1.55 bits per heavy atom. The number of thiophene rings is 1. The summed E-state index contributed by atoms with van der Waals surface area (Å²) in [6, 6.07) is 5.75. The lowest BCUT2D eigenvalue weighted by atomic mass is 10.2. The molecule has 1 saturated heterocycles. The summed E-state index contributed by atoms with van der Waals surface area (Å²) in [5.74, 6) is -0.0589. The van der Waals surface area contributed by atoms with Crippen LogP contribution in [0.1, 0.15) is 22.5 Å². The lowest BCUT2D eigenvalue weighted by Crippen LogP contribution is -2.37. The second-order valence-corrected chi connectivity index (χ2v) is 6.93. The van der Waals surface area contributed by atoms with Crippen molar-refractivity contribution < 1.29 is 9.90 Å². The van der Waals surface area contributed by atoms with E-state index in [2.05, 4.69) is 15.9 Å². The summed E-state index contributed by atoms with van der Waals surface area (Å²) in [5.41, 5.74) is 6.68. The number of nitrogens with zero attached hydrogens (tertiary/aromatic N) is 1. The zero-order valence-corrected chi connectivity index (χ0v) is 13.2. The largest absolute Gasteiger partial charge is 0.397 e. The van der Waals surface area contributed by atoms with Crippen LogP contribution in [0.15, 0.2) is 22.7 Å². The number of halogens is 1. The molecule has 1 unspecified atom stereocenters. The molecule has 1 aromatic heterocycles. The van der Waals surface area contributed by atoms with E-state index in [0.29, 0.717) is 17.1 Å². The van der Waals surface area contributed by atoms with Crippen molar-refractivity contribution in [3.05, 3.63) is 27.5 Å². The predicted molar refractivity (Wildman–Crippen MR) is 85.1 cm³/mol.